The number of rotatable bonds is 7. The minimum Gasteiger partial charge on any atom is -0.483 e. The highest BCUT2D eigenvalue weighted by atomic mass is 35.5. The van der Waals surface area contributed by atoms with Crippen LogP contribution in [-0.2, 0) is 16.0 Å². The molecule has 0 unspecified atom stereocenters. The first-order valence-electron chi connectivity index (χ1n) is 8.35. The summed E-state index contributed by atoms with van der Waals surface area (Å²) in [6, 6.07) is 5.19. The van der Waals surface area contributed by atoms with Gasteiger partial charge in [-0.05, 0) is 56.5 Å². The van der Waals surface area contributed by atoms with Gasteiger partial charge in [0.25, 0.3) is 5.91 Å². The first-order valence-corrected chi connectivity index (χ1v) is 9.54. The average Bonchev–Trinajstić information content (AvgIpc) is 2.89. The van der Waals surface area contributed by atoms with Gasteiger partial charge in [0.05, 0.1) is 12.2 Å². The molecule has 1 heterocycles. The Morgan fingerprint density at radius 1 is 1.23 bits per heavy atom. The molecular weight excluding hydrogens is 374 g/mol. The number of ether oxygens (including phenoxy) is 2. The monoisotopic (exact) mass is 395 g/mol. The number of hydrogen-bond acceptors (Lipinski definition) is 5. The molecule has 0 saturated carbocycles. The summed E-state index contributed by atoms with van der Waals surface area (Å²) in [7, 11) is 0. The average molecular weight is 396 g/mol. The lowest BCUT2D eigenvalue weighted by molar-refractivity contribution is -0.118. The second-order valence-corrected chi connectivity index (χ2v) is 7.32. The van der Waals surface area contributed by atoms with Gasteiger partial charge >= 0.3 is 5.97 Å². The lowest BCUT2D eigenvalue weighted by atomic mass is 10.1. The summed E-state index contributed by atoms with van der Waals surface area (Å²) in [5.41, 5.74) is 2.18. The van der Waals surface area contributed by atoms with Gasteiger partial charge in [-0.25, -0.2) is 4.79 Å². The zero-order valence-corrected chi connectivity index (χ0v) is 16.8. The van der Waals surface area contributed by atoms with E-state index in [1.807, 2.05) is 20.8 Å². The van der Waals surface area contributed by atoms with Crippen LogP contribution in [0.1, 0.15) is 40.2 Å². The van der Waals surface area contributed by atoms with Gasteiger partial charge in [-0.1, -0.05) is 18.5 Å². The Labute approximate surface area is 162 Å². The van der Waals surface area contributed by atoms with Gasteiger partial charge < -0.3 is 14.8 Å². The molecule has 0 atom stereocenters. The molecule has 7 heteroatoms. The predicted molar refractivity (Wildman–Crippen MR) is 105 cm³/mol. The Morgan fingerprint density at radius 2 is 1.96 bits per heavy atom. The Kier molecular flexibility index (Phi) is 7.06. The van der Waals surface area contributed by atoms with E-state index in [-0.39, 0.29) is 19.1 Å². The molecule has 5 nitrogen and oxygen atoms in total. The molecule has 1 amide bonds. The van der Waals surface area contributed by atoms with E-state index in [1.54, 1.807) is 25.1 Å². The van der Waals surface area contributed by atoms with Crippen molar-refractivity contribution in [2.75, 3.05) is 18.5 Å². The number of halogens is 1. The van der Waals surface area contributed by atoms with Crippen LogP contribution in [0, 0.1) is 13.8 Å². The predicted octanol–water partition coefficient (Wildman–Crippen LogP) is 4.77. The topological polar surface area (TPSA) is 64.6 Å². The normalized spacial score (nSPS) is 10.5. The lowest BCUT2D eigenvalue weighted by Gasteiger charge is -2.10. The fourth-order valence-corrected chi connectivity index (χ4v) is 3.97. The number of thiophene rings is 1. The maximum Gasteiger partial charge on any atom is 0.341 e. The van der Waals surface area contributed by atoms with E-state index in [9.17, 15) is 9.59 Å². The maximum absolute atomic E-state index is 12.3. The summed E-state index contributed by atoms with van der Waals surface area (Å²) in [4.78, 5) is 25.6. The molecule has 0 radical (unpaired) electrons. The van der Waals surface area contributed by atoms with Gasteiger partial charge in [0.1, 0.15) is 10.8 Å². The number of anilines is 1. The molecule has 0 saturated heterocycles. The fraction of sp³-hybridized carbons (Fsp3) is 0.368. The fourth-order valence-electron chi connectivity index (χ4n) is 2.59. The molecule has 0 spiro atoms. The molecule has 140 valence electrons. The number of aryl methyl sites for hydroxylation is 2. The number of nitrogens with one attached hydrogen (secondary N) is 1. The van der Waals surface area contributed by atoms with Gasteiger partial charge in [-0.3, -0.25) is 4.79 Å². The molecule has 0 bridgehead atoms. The van der Waals surface area contributed by atoms with Crippen LogP contribution in [0.5, 0.6) is 5.75 Å². The number of amides is 1. The van der Waals surface area contributed by atoms with Crippen molar-refractivity contribution >= 4 is 39.8 Å². The molecule has 0 fully saturated rings. The Balaban J connectivity index is 2.12. The van der Waals surface area contributed by atoms with E-state index in [2.05, 4.69) is 5.32 Å². The zero-order valence-electron chi connectivity index (χ0n) is 15.3. The van der Waals surface area contributed by atoms with Crippen LogP contribution >= 0.6 is 22.9 Å². The van der Waals surface area contributed by atoms with Gasteiger partial charge in [0, 0.05) is 9.90 Å². The Hall–Kier alpha value is -2.05. The van der Waals surface area contributed by atoms with Crippen LogP contribution in [0.15, 0.2) is 18.2 Å². The summed E-state index contributed by atoms with van der Waals surface area (Å²) >= 11 is 7.28. The van der Waals surface area contributed by atoms with Crippen molar-refractivity contribution in [3.8, 4) is 5.75 Å². The molecule has 26 heavy (non-hydrogen) atoms. The van der Waals surface area contributed by atoms with Crippen molar-refractivity contribution in [1.29, 1.82) is 0 Å². The molecule has 1 aromatic carbocycles. The first-order chi connectivity index (χ1) is 12.4. The smallest absolute Gasteiger partial charge is 0.341 e. The van der Waals surface area contributed by atoms with E-state index in [4.69, 9.17) is 21.1 Å². The SMILES string of the molecule is CCOC(=O)c1c(NC(=O)COc2ccc(Cl)cc2C)sc(C)c1CC. The highest BCUT2D eigenvalue weighted by Crippen LogP contribution is 2.34. The van der Waals surface area contributed by atoms with Crippen LogP contribution in [0.4, 0.5) is 5.00 Å². The maximum atomic E-state index is 12.3. The third-order valence-electron chi connectivity index (χ3n) is 3.79. The van der Waals surface area contributed by atoms with Crippen molar-refractivity contribution in [2.24, 2.45) is 0 Å². The van der Waals surface area contributed by atoms with Crippen molar-refractivity contribution in [2.45, 2.75) is 34.1 Å². The van der Waals surface area contributed by atoms with Crippen LogP contribution in [0.25, 0.3) is 0 Å². The first kappa shape index (κ1) is 20.3. The largest absolute Gasteiger partial charge is 0.483 e. The second-order valence-electron chi connectivity index (χ2n) is 5.66. The second kappa shape index (κ2) is 9.05. The van der Waals surface area contributed by atoms with E-state index >= 15 is 0 Å². The quantitative estimate of drug-likeness (QED) is 0.685. The molecule has 1 N–H and O–H groups in total. The molecule has 2 rings (SSSR count). The number of hydrogen-bond donors (Lipinski definition) is 1. The summed E-state index contributed by atoms with van der Waals surface area (Å²) in [6.07, 6.45) is 0.687. The number of benzene rings is 1. The number of esters is 1. The molecule has 0 aliphatic rings. The summed E-state index contributed by atoms with van der Waals surface area (Å²) in [5, 5.41) is 3.88. The van der Waals surface area contributed by atoms with E-state index in [0.29, 0.717) is 27.8 Å². The minimum atomic E-state index is -0.418. The molecule has 0 aliphatic carbocycles. The van der Waals surface area contributed by atoms with Crippen LogP contribution in [0.2, 0.25) is 5.02 Å². The molecule has 1 aromatic heterocycles. The van der Waals surface area contributed by atoms with Gasteiger partial charge in [-0.15, -0.1) is 11.3 Å². The van der Waals surface area contributed by atoms with E-state index < -0.39 is 5.97 Å². The molecular formula is C19H22ClNO4S. The van der Waals surface area contributed by atoms with Crippen LogP contribution < -0.4 is 10.1 Å². The highest BCUT2D eigenvalue weighted by Gasteiger charge is 2.23. The van der Waals surface area contributed by atoms with Crippen molar-refractivity contribution < 1.29 is 19.1 Å². The van der Waals surface area contributed by atoms with Crippen molar-refractivity contribution in [1.82, 2.24) is 0 Å². The zero-order chi connectivity index (χ0) is 19.3. The number of carbonyl (C=O) groups excluding carboxylic acids is 2. The van der Waals surface area contributed by atoms with Gasteiger partial charge in [0.15, 0.2) is 6.61 Å². The molecule has 2 aromatic rings. The summed E-state index contributed by atoms with van der Waals surface area (Å²) in [6.45, 7) is 7.62. The van der Waals surface area contributed by atoms with Crippen molar-refractivity contribution in [3.05, 3.63) is 44.8 Å². The Morgan fingerprint density at radius 3 is 2.58 bits per heavy atom. The van der Waals surface area contributed by atoms with Crippen molar-refractivity contribution in [3.63, 3.8) is 0 Å². The highest BCUT2D eigenvalue weighted by molar-refractivity contribution is 7.16. The standard InChI is InChI=1S/C19H22ClNO4S/c1-5-14-12(4)26-18(17(14)19(23)24-6-2)21-16(22)10-25-15-8-7-13(20)9-11(15)3/h7-9H,5-6,10H2,1-4H3,(H,21,22). The number of carbonyl (C=O) groups is 2. The summed E-state index contributed by atoms with van der Waals surface area (Å²) < 4.78 is 10.7. The van der Waals surface area contributed by atoms with Gasteiger partial charge in [0.2, 0.25) is 0 Å². The lowest BCUT2D eigenvalue weighted by Crippen LogP contribution is -2.21. The van der Waals surface area contributed by atoms with E-state index in [1.165, 1.54) is 11.3 Å². The summed E-state index contributed by atoms with van der Waals surface area (Å²) in [5.74, 6) is -0.168. The minimum absolute atomic E-state index is 0.164. The third-order valence-corrected chi connectivity index (χ3v) is 5.09. The Bertz CT molecular complexity index is 816. The van der Waals surface area contributed by atoms with Crippen LogP contribution in [-0.4, -0.2) is 25.1 Å². The third kappa shape index (κ3) is 4.77. The van der Waals surface area contributed by atoms with Crippen LogP contribution in [0.3, 0.4) is 0 Å². The molecule has 0 aliphatic heterocycles. The van der Waals surface area contributed by atoms with Gasteiger partial charge in [-0.2, -0.15) is 0 Å². The van der Waals surface area contributed by atoms with E-state index in [0.717, 1.165) is 16.0 Å².